The van der Waals surface area contributed by atoms with E-state index >= 15 is 0 Å². The Morgan fingerprint density at radius 2 is 2.04 bits per heavy atom. The maximum atomic E-state index is 11.8. The monoisotopic (exact) mass is 326 g/mol. The first-order valence-electron chi connectivity index (χ1n) is 9.65. The lowest BCUT2D eigenvalue weighted by molar-refractivity contribution is -0.118. The molecule has 24 heavy (non-hydrogen) atoms. The molecule has 130 valence electrons. The number of ketones is 1. The van der Waals surface area contributed by atoms with Gasteiger partial charge in [0.25, 0.3) is 0 Å². The van der Waals surface area contributed by atoms with Gasteiger partial charge in [0.05, 0.1) is 5.60 Å². The summed E-state index contributed by atoms with van der Waals surface area (Å²) in [5.74, 6) is 3.14. The minimum absolute atomic E-state index is 0.0829. The number of allylic oxidation sites excluding steroid dienone is 2. The molecule has 0 amide bonds. The van der Waals surface area contributed by atoms with Crippen LogP contribution >= 0.6 is 0 Å². The second kappa shape index (κ2) is 5.42. The standard InChI is InChI=1S/C22H30O2/c1-4-14-13-21(3)19(10-11-22(21,24)5-2)18-8-6-15-12-16(23)7-9-17(15)20(14)18/h4-5,12,14,17-20,24H,1-2,6-11,13H2,3H3/t14-,17?,18?,19?,20?,21-,22-/m0/s1. The summed E-state index contributed by atoms with van der Waals surface area (Å²) in [6, 6.07) is 0. The van der Waals surface area contributed by atoms with Crippen LogP contribution in [-0.4, -0.2) is 16.5 Å². The summed E-state index contributed by atoms with van der Waals surface area (Å²) >= 11 is 0. The highest BCUT2D eigenvalue weighted by Gasteiger charge is 2.63. The SMILES string of the molecule is C=C[C@H]1C[C@@]2(C)C(CC[C@@]2(O)C=C)C2CCC3=CC(=O)CCC3C21. The molecule has 7 atom stereocenters. The van der Waals surface area contributed by atoms with Crippen molar-refractivity contribution in [3.05, 3.63) is 37.0 Å². The Balaban J connectivity index is 1.74. The maximum absolute atomic E-state index is 11.8. The van der Waals surface area contributed by atoms with Gasteiger partial charge in [0.15, 0.2) is 5.78 Å². The Morgan fingerprint density at radius 3 is 2.75 bits per heavy atom. The fourth-order valence-corrected chi connectivity index (χ4v) is 6.99. The number of carbonyl (C=O) groups excluding carboxylic acids is 1. The van der Waals surface area contributed by atoms with Gasteiger partial charge < -0.3 is 5.11 Å². The number of fused-ring (bicyclic) bond motifs is 5. The predicted octanol–water partition coefficient (Wildman–Crippen LogP) is 4.46. The summed E-state index contributed by atoms with van der Waals surface area (Å²) in [4.78, 5) is 11.8. The highest BCUT2D eigenvalue weighted by atomic mass is 16.3. The van der Waals surface area contributed by atoms with Gasteiger partial charge in [0.1, 0.15) is 0 Å². The van der Waals surface area contributed by atoms with Crippen LogP contribution in [0.3, 0.4) is 0 Å². The Morgan fingerprint density at radius 1 is 1.25 bits per heavy atom. The lowest BCUT2D eigenvalue weighted by Gasteiger charge is -2.58. The van der Waals surface area contributed by atoms with Gasteiger partial charge in [-0.25, -0.2) is 0 Å². The molecule has 0 aliphatic heterocycles. The fraction of sp³-hybridized carbons (Fsp3) is 0.682. The van der Waals surface area contributed by atoms with Crippen LogP contribution in [0.2, 0.25) is 0 Å². The van der Waals surface area contributed by atoms with Crippen molar-refractivity contribution in [2.24, 2.45) is 35.0 Å². The molecule has 0 aromatic rings. The summed E-state index contributed by atoms with van der Waals surface area (Å²) < 4.78 is 0. The number of carbonyl (C=O) groups is 1. The molecule has 0 saturated heterocycles. The number of hydrogen-bond donors (Lipinski definition) is 1. The summed E-state index contributed by atoms with van der Waals surface area (Å²) in [6.45, 7) is 10.4. The number of hydrogen-bond acceptors (Lipinski definition) is 2. The highest BCUT2D eigenvalue weighted by Crippen LogP contribution is 2.66. The van der Waals surface area contributed by atoms with Crippen LogP contribution in [0.15, 0.2) is 37.0 Å². The largest absolute Gasteiger partial charge is 0.385 e. The minimum Gasteiger partial charge on any atom is -0.385 e. The topological polar surface area (TPSA) is 37.3 Å². The van der Waals surface area contributed by atoms with Crippen molar-refractivity contribution in [2.75, 3.05) is 0 Å². The normalized spacial score (nSPS) is 50.3. The maximum Gasteiger partial charge on any atom is 0.155 e. The zero-order valence-electron chi connectivity index (χ0n) is 14.8. The van der Waals surface area contributed by atoms with E-state index in [4.69, 9.17) is 0 Å². The van der Waals surface area contributed by atoms with E-state index in [1.54, 1.807) is 6.08 Å². The molecule has 0 bridgehead atoms. The van der Waals surface area contributed by atoms with Crippen molar-refractivity contribution in [1.29, 1.82) is 0 Å². The van der Waals surface area contributed by atoms with Gasteiger partial charge in [-0.05, 0) is 74.2 Å². The average Bonchev–Trinajstić information content (AvgIpc) is 2.85. The molecule has 4 aliphatic carbocycles. The van der Waals surface area contributed by atoms with Crippen molar-refractivity contribution in [2.45, 2.75) is 57.5 Å². The van der Waals surface area contributed by atoms with E-state index in [2.05, 4.69) is 26.2 Å². The average molecular weight is 326 g/mol. The molecule has 3 saturated carbocycles. The molecule has 4 unspecified atom stereocenters. The third-order valence-electron chi connectivity index (χ3n) is 8.20. The molecule has 0 radical (unpaired) electrons. The first-order chi connectivity index (χ1) is 11.4. The molecule has 2 nitrogen and oxygen atoms in total. The lowest BCUT2D eigenvalue weighted by atomic mass is 9.47. The third-order valence-corrected chi connectivity index (χ3v) is 8.20. The Hall–Kier alpha value is -1.15. The molecule has 0 aromatic carbocycles. The third kappa shape index (κ3) is 2.02. The summed E-state index contributed by atoms with van der Waals surface area (Å²) in [7, 11) is 0. The van der Waals surface area contributed by atoms with Crippen LogP contribution in [0.1, 0.15) is 51.9 Å². The van der Waals surface area contributed by atoms with Crippen molar-refractivity contribution in [3.8, 4) is 0 Å². The second-order valence-corrected chi connectivity index (χ2v) is 8.91. The molecule has 0 spiro atoms. The van der Waals surface area contributed by atoms with Gasteiger partial charge in [0, 0.05) is 11.8 Å². The van der Waals surface area contributed by atoms with Crippen LogP contribution in [0.5, 0.6) is 0 Å². The van der Waals surface area contributed by atoms with E-state index in [-0.39, 0.29) is 5.41 Å². The number of aliphatic hydroxyl groups is 1. The van der Waals surface area contributed by atoms with E-state index in [0.29, 0.717) is 41.8 Å². The van der Waals surface area contributed by atoms with E-state index in [0.717, 1.165) is 38.5 Å². The second-order valence-electron chi connectivity index (χ2n) is 8.91. The van der Waals surface area contributed by atoms with Gasteiger partial charge in [-0.2, -0.15) is 0 Å². The zero-order chi connectivity index (χ0) is 17.1. The van der Waals surface area contributed by atoms with Gasteiger partial charge in [0.2, 0.25) is 0 Å². The Labute approximate surface area is 145 Å². The van der Waals surface area contributed by atoms with Crippen LogP contribution in [0.25, 0.3) is 0 Å². The van der Waals surface area contributed by atoms with Gasteiger partial charge in [-0.15, -0.1) is 13.2 Å². The Bertz CT molecular complexity index is 617. The zero-order valence-corrected chi connectivity index (χ0v) is 14.8. The Kier molecular flexibility index (Phi) is 3.69. The van der Waals surface area contributed by atoms with Crippen LogP contribution in [0.4, 0.5) is 0 Å². The summed E-state index contributed by atoms with van der Waals surface area (Å²) in [5.41, 5.74) is 0.586. The van der Waals surface area contributed by atoms with E-state index in [9.17, 15) is 9.90 Å². The van der Waals surface area contributed by atoms with E-state index < -0.39 is 5.60 Å². The quantitative estimate of drug-likeness (QED) is 0.761. The van der Waals surface area contributed by atoms with Crippen LogP contribution < -0.4 is 0 Å². The van der Waals surface area contributed by atoms with Crippen LogP contribution in [-0.2, 0) is 4.79 Å². The molecule has 4 rings (SSSR count). The first kappa shape index (κ1) is 16.3. The van der Waals surface area contributed by atoms with E-state index in [1.807, 2.05) is 6.08 Å². The lowest BCUT2D eigenvalue weighted by Crippen LogP contribution is -2.54. The molecule has 4 aliphatic rings. The molecular weight excluding hydrogens is 296 g/mol. The fourth-order valence-electron chi connectivity index (χ4n) is 6.99. The predicted molar refractivity (Wildman–Crippen MR) is 96.3 cm³/mol. The summed E-state index contributed by atoms with van der Waals surface area (Å²) in [6.07, 6.45) is 12.8. The molecule has 2 heteroatoms. The highest BCUT2D eigenvalue weighted by molar-refractivity contribution is 5.91. The molecule has 0 heterocycles. The van der Waals surface area contributed by atoms with Crippen molar-refractivity contribution in [1.82, 2.24) is 0 Å². The van der Waals surface area contributed by atoms with Crippen molar-refractivity contribution >= 4 is 5.78 Å². The molecular formula is C22H30O2. The molecule has 0 aromatic heterocycles. The van der Waals surface area contributed by atoms with Gasteiger partial charge in [-0.3, -0.25) is 4.79 Å². The van der Waals surface area contributed by atoms with Gasteiger partial charge in [-0.1, -0.05) is 24.6 Å². The minimum atomic E-state index is -0.734. The first-order valence-corrected chi connectivity index (χ1v) is 9.65. The van der Waals surface area contributed by atoms with E-state index in [1.165, 1.54) is 5.57 Å². The molecule has 3 fully saturated rings. The summed E-state index contributed by atoms with van der Waals surface area (Å²) in [5, 5.41) is 11.2. The van der Waals surface area contributed by atoms with Crippen molar-refractivity contribution < 1.29 is 9.90 Å². The van der Waals surface area contributed by atoms with Crippen LogP contribution in [0, 0.1) is 35.0 Å². The smallest absolute Gasteiger partial charge is 0.155 e. The van der Waals surface area contributed by atoms with Crippen molar-refractivity contribution in [3.63, 3.8) is 0 Å². The molecule has 1 N–H and O–H groups in total. The van der Waals surface area contributed by atoms with Gasteiger partial charge >= 0.3 is 0 Å². The number of rotatable bonds is 2.